The van der Waals surface area contributed by atoms with Gasteiger partial charge in [0.05, 0.1) is 5.56 Å². The molecule has 0 unspecified atom stereocenters. The van der Waals surface area contributed by atoms with E-state index in [0.29, 0.717) is 22.4 Å². The summed E-state index contributed by atoms with van der Waals surface area (Å²) < 4.78 is 109. The monoisotopic (exact) mass is 620 g/mol. The first-order valence-corrected chi connectivity index (χ1v) is 14.2. The Morgan fingerprint density at radius 1 is 0.814 bits per heavy atom. The highest BCUT2D eigenvalue weighted by atomic mass is 32.2. The highest BCUT2D eigenvalue weighted by Gasteiger charge is 2.36. The third-order valence-electron chi connectivity index (χ3n) is 6.83. The predicted octanol–water partition coefficient (Wildman–Crippen LogP) is 7.27. The number of halogens is 6. The Bertz CT molecular complexity index is 1770. The van der Waals surface area contributed by atoms with Gasteiger partial charge in [0.2, 0.25) is 10.0 Å². The van der Waals surface area contributed by atoms with E-state index in [9.17, 15) is 39.6 Å². The van der Waals surface area contributed by atoms with Gasteiger partial charge in [0.15, 0.2) is 0 Å². The topological polar surface area (TPSA) is 75.7 Å². The summed E-state index contributed by atoms with van der Waals surface area (Å²) in [5, 5.41) is 2.78. The molecular weight excluding hydrogens is 598 g/mol. The maximum Gasteiger partial charge on any atom is 0.573 e. The first-order chi connectivity index (χ1) is 20.2. The molecule has 1 heterocycles. The Labute approximate surface area is 242 Å². The molecule has 1 aliphatic heterocycles. The van der Waals surface area contributed by atoms with Crippen molar-refractivity contribution in [2.24, 2.45) is 0 Å². The molecule has 1 N–H and O–H groups in total. The van der Waals surface area contributed by atoms with Crippen LogP contribution < -0.4 is 10.1 Å². The molecule has 0 atom stereocenters. The van der Waals surface area contributed by atoms with Crippen LogP contribution in [0.5, 0.6) is 5.75 Å². The number of anilines is 1. The van der Waals surface area contributed by atoms with Gasteiger partial charge in [0.25, 0.3) is 5.91 Å². The van der Waals surface area contributed by atoms with Crippen LogP contribution in [0, 0.1) is 0 Å². The minimum atomic E-state index is -5.07. The fourth-order valence-corrected chi connectivity index (χ4v) is 6.32. The molecule has 224 valence electrons. The fourth-order valence-electron chi connectivity index (χ4n) is 4.79. The van der Waals surface area contributed by atoms with E-state index in [1.807, 2.05) is 0 Å². The third kappa shape index (κ3) is 6.67. The number of ether oxygens (including phenoxy) is 1. The van der Waals surface area contributed by atoms with Crippen LogP contribution in [0.2, 0.25) is 0 Å². The van der Waals surface area contributed by atoms with Crippen molar-refractivity contribution in [2.75, 3.05) is 11.9 Å². The quantitative estimate of drug-likeness (QED) is 0.230. The Morgan fingerprint density at radius 3 is 2.19 bits per heavy atom. The molecule has 0 saturated carbocycles. The number of nitrogens with zero attached hydrogens (tertiary/aromatic N) is 1. The van der Waals surface area contributed by atoms with E-state index in [4.69, 9.17) is 0 Å². The van der Waals surface area contributed by atoms with Crippen LogP contribution in [-0.4, -0.2) is 31.5 Å². The van der Waals surface area contributed by atoms with Gasteiger partial charge in [-0.25, -0.2) is 8.42 Å². The van der Waals surface area contributed by atoms with E-state index in [2.05, 4.69) is 10.1 Å². The summed E-state index contributed by atoms with van der Waals surface area (Å²) in [4.78, 5) is 12.6. The zero-order valence-electron chi connectivity index (χ0n) is 22.0. The van der Waals surface area contributed by atoms with Crippen molar-refractivity contribution < 1.29 is 44.3 Å². The molecular formula is C30H22F6N2O4S. The van der Waals surface area contributed by atoms with Crippen molar-refractivity contribution in [1.29, 1.82) is 0 Å². The van der Waals surface area contributed by atoms with E-state index >= 15 is 0 Å². The summed E-state index contributed by atoms with van der Waals surface area (Å²) in [6.07, 6.45) is -9.34. The molecule has 6 nitrogen and oxygen atoms in total. The Kier molecular flexibility index (Phi) is 7.97. The first-order valence-electron chi connectivity index (χ1n) is 12.8. The second-order valence-corrected chi connectivity index (χ2v) is 11.5. The molecule has 43 heavy (non-hydrogen) atoms. The molecule has 0 bridgehead atoms. The standard InChI is InChI=1S/C30H22F6N2O4S/c31-29(32,33)22-12-9-19(10-13-22)24-5-1-2-6-25(24)28(39)37-23-14-11-21-18-38(16-15-20(21)17-23)43(40,41)27-8-4-3-7-26(27)42-30(34,35)36/h1-14,17H,15-16,18H2,(H,37,39). The number of hydrogen-bond acceptors (Lipinski definition) is 4. The number of rotatable bonds is 6. The van der Waals surface area contributed by atoms with Crippen LogP contribution in [-0.2, 0) is 29.2 Å². The number of carbonyl (C=O) groups excluding carboxylic acids is 1. The van der Waals surface area contributed by atoms with Gasteiger partial charge >= 0.3 is 12.5 Å². The summed E-state index contributed by atoms with van der Waals surface area (Å²) in [6.45, 7) is -0.132. The number of fused-ring (bicyclic) bond motifs is 1. The van der Waals surface area contributed by atoms with E-state index in [1.54, 1.807) is 42.5 Å². The van der Waals surface area contributed by atoms with Crippen molar-refractivity contribution in [3.05, 3.63) is 113 Å². The minimum Gasteiger partial charge on any atom is -0.404 e. The number of carbonyl (C=O) groups is 1. The van der Waals surface area contributed by atoms with E-state index in [1.165, 1.54) is 24.3 Å². The Hall–Kier alpha value is -4.36. The minimum absolute atomic E-state index is 0.0240. The maximum atomic E-state index is 13.3. The van der Waals surface area contributed by atoms with Gasteiger partial charge in [0, 0.05) is 24.3 Å². The van der Waals surface area contributed by atoms with Crippen LogP contribution in [0.1, 0.15) is 27.0 Å². The van der Waals surface area contributed by atoms with Gasteiger partial charge in [-0.15, -0.1) is 13.2 Å². The summed E-state index contributed by atoms with van der Waals surface area (Å²) in [7, 11) is -4.34. The number of hydrogen-bond donors (Lipinski definition) is 1. The van der Waals surface area contributed by atoms with Gasteiger partial charge in [-0.05, 0) is 71.1 Å². The van der Waals surface area contributed by atoms with Crippen molar-refractivity contribution in [3.8, 4) is 16.9 Å². The Morgan fingerprint density at radius 2 is 1.49 bits per heavy atom. The fraction of sp³-hybridized carbons (Fsp3) is 0.167. The first kappa shape index (κ1) is 30.1. The number of benzene rings is 4. The number of alkyl halides is 6. The lowest BCUT2D eigenvalue weighted by molar-refractivity contribution is -0.275. The molecule has 5 rings (SSSR count). The lowest BCUT2D eigenvalue weighted by Gasteiger charge is -2.29. The van der Waals surface area contributed by atoms with E-state index in [-0.39, 0.29) is 25.1 Å². The van der Waals surface area contributed by atoms with Crippen LogP contribution >= 0.6 is 0 Å². The lowest BCUT2D eigenvalue weighted by Crippen LogP contribution is -2.36. The molecule has 4 aromatic rings. The third-order valence-corrected chi connectivity index (χ3v) is 8.71. The van der Waals surface area contributed by atoms with Gasteiger partial charge in [-0.1, -0.05) is 48.5 Å². The molecule has 0 saturated heterocycles. The van der Waals surface area contributed by atoms with Gasteiger partial charge < -0.3 is 10.1 Å². The summed E-state index contributed by atoms with van der Waals surface area (Å²) in [5.41, 5.74) is 2.03. The second-order valence-electron chi connectivity index (χ2n) is 9.64. The number of sulfonamides is 1. The number of amides is 1. The predicted molar refractivity (Wildman–Crippen MR) is 146 cm³/mol. The summed E-state index contributed by atoms with van der Waals surface area (Å²) in [6, 6.07) is 20.3. The molecule has 13 heteroatoms. The van der Waals surface area contributed by atoms with E-state index in [0.717, 1.165) is 34.1 Å². The highest BCUT2D eigenvalue weighted by molar-refractivity contribution is 7.89. The van der Waals surface area contributed by atoms with Gasteiger partial charge in [-0.2, -0.15) is 17.5 Å². The van der Waals surface area contributed by atoms with Gasteiger partial charge in [-0.3, -0.25) is 4.79 Å². The average molecular weight is 621 g/mol. The summed E-state index contributed by atoms with van der Waals surface area (Å²) >= 11 is 0. The lowest BCUT2D eigenvalue weighted by atomic mass is 9.97. The molecule has 0 radical (unpaired) electrons. The molecule has 1 aliphatic rings. The Balaban J connectivity index is 1.33. The summed E-state index contributed by atoms with van der Waals surface area (Å²) in [5.74, 6) is -1.33. The average Bonchev–Trinajstić information content (AvgIpc) is 2.96. The van der Waals surface area contributed by atoms with Crippen LogP contribution in [0.4, 0.5) is 32.0 Å². The smallest absolute Gasteiger partial charge is 0.404 e. The number of nitrogens with one attached hydrogen (secondary N) is 1. The molecule has 0 spiro atoms. The van der Waals surface area contributed by atoms with Crippen molar-refractivity contribution in [1.82, 2.24) is 4.31 Å². The molecule has 1 amide bonds. The zero-order valence-corrected chi connectivity index (χ0v) is 22.9. The second kappa shape index (κ2) is 11.4. The van der Waals surface area contributed by atoms with Crippen LogP contribution in [0.15, 0.2) is 95.9 Å². The zero-order chi connectivity index (χ0) is 31.0. The van der Waals surface area contributed by atoms with Crippen molar-refractivity contribution in [2.45, 2.75) is 30.4 Å². The maximum absolute atomic E-state index is 13.3. The van der Waals surface area contributed by atoms with E-state index < -0.39 is 44.7 Å². The van der Waals surface area contributed by atoms with Crippen molar-refractivity contribution >= 4 is 21.6 Å². The molecule has 0 aromatic heterocycles. The molecule has 0 aliphatic carbocycles. The van der Waals surface area contributed by atoms with Crippen molar-refractivity contribution in [3.63, 3.8) is 0 Å². The largest absolute Gasteiger partial charge is 0.573 e. The normalized spacial score (nSPS) is 14.2. The molecule has 0 fully saturated rings. The SMILES string of the molecule is O=C(Nc1ccc2c(c1)CCN(S(=O)(=O)c1ccccc1OC(F)(F)F)C2)c1ccccc1-c1ccc(C(F)(F)F)cc1. The van der Waals surface area contributed by atoms with Crippen LogP contribution in [0.3, 0.4) is 0 Å². The van der Waals surface area contributed by atoms with Gasteiger partial charge in [0.1, 0.15) is 10.6 Å². The number of para-hydroxylation sites is 1. The highest BCUT2D eigenvalue weighted by Crippen LogP contribution is 2.35. The van der Waals surface area contributed by atoms with Crippen LogP contribution in [0.25, 0.3) is 11.1 Å². The molecule has 4 aromatic carbocycles.